The molecule has 5 nitrogen and oxygen atoms in total. The number of fused-ring (bicyclic) bond motifs is 6. The van der Waals surface area contributed by atoms with E-state index >= 15 is 0 Å². The molecule has 0 aliphatic heterocycles. The Morgan fingerprint density at radius 3 is 1.70 bits per heavy atom. The third kappa shape index (κ3) is 3.42. The normalized spacial score (nSPS) is 11.8. The van der Waals surface area contributed by atoms with E-state index in [0.29, 0.717) is 17.3 Å². The van der Waals surface area contributed by atoms with E-state index in [-0.39, 0.29) is 0 Å². The number of para-hydroxylation sites is 3. The Balaban J connectivity index is 1.50. The molecule has 0 atom stereocenters. The molecule has 0 aliphatic rings. The van der Waals surface area contributed by atoms with Gasteiger partial charge in [0.2, 0.25) is 5.95 Å². The second-order valence-electron chi connectivity index (χ2n) is 9.71. The molecular formula is C34H22N5P. The topological polar surface area (TPSA) is 48.5 Å². The summed E-state index contributed by atoms with van der Waals surface area (Å²) in [4.78, 5) is 14.6. The van der Waals surface area contributed by atoms with E-state index in [4.69, 9.17) is 15.0 Å². The van der Waals surface area contributed by atoms with Crippen LogP contribution in [0.2, 0.25) is 0 Å². The third-order valence-corrected chi connectivity index (χ3v) is 7.95. The summed E-state index contributed by atoms with van der Waals surface area (Å²) in [5.74, 6) is 1.24. The van der Waals surface area contributed by atoms with Gasteiger partial charge in [0.1, 0.15) is 0 Å². The zero-order valence-corrected chi connectivity index (χ0v) is 22.3. The highest BCUT2D eigenvalue weighted by Crippen LogP contribution is 2.39. The SMILES string of the molecule is C=Pc1nc(-c2ccccc2)nc(-n2c3ccccc3c3cc4c(cc32)c2ccccc2n4-c2ccccc2)n1. The molecule has 0 aliphatic carbocycles. The van der Waals surface area contributed by atoms with E-state index < -0.39 is 0 Å². The molecule has 0 unspecified atom stereocenters. The summed E-state index contributed by atoms with van der Waals surface area (Å²) in [7, 11) is 0.741. The van der Waals surface area contributed by atoms with Crippen molar-refractivity contribution in [1.29, 1.82) is 0 Å². The molecule has 0 saturated carbocycles. The van der Waals surface area contributed by atoms with Crippen LogP contribution in [0.15, 0.2) is 121 Å². The van der Waals surface area contributed by atoms with Crippen molar-refractivity contribution in [2.45, 2.75) is 0 Å². The number of nitrogens with zero attached hydrogens (tertiary/aromatic N) is 5. The van der Waals surface area contributed by atoms with Crippen molar-refractivity contribution in [3.63, 3.8) is 0 Å². The van der Waals surface area contributed by atoms with Gasteiger partial charge in [0.15, 0.2) is 11.4 Å². The molecule has 0 N–H and O–H groups in total. The summed E-state index contributed by atoms with van der Waals surface area (Å²) in [6, 6.07) is 42.3. The predicted octanol–water partition coefficient (Wildman–Crippen LogP) is 7.74. The van der Waals surface area contributed by atoms with Gasteiger partial charge >= 0.3 is 0 Å². The maximum Gasteiger partial charge on any atom is 0.239 e. The molecule has 40 heavy (non-hydrogen) atoms. The molecule has 8 rings (SSSR count). The molecule has 8 aromatic rings. The van der Waals surface area contributed by atoms with Gasteiger partial charge in [0, 0.05) is 32.8 Å². The summed E-state index contributed by atoms with van der Waals surface area (Å²) in [6.45, 7) is 0. The lowest BCUT2D eigenvalue weighted by molar-refractivity contribution is 0.971. The van der Waals surface area contributed by atoms with Gasteiger partial charge in [-0.15, -0.1) is 0 Å². The lowest BCUT2D eigenvalue weighted by atomic mass is 10.1. The van der Waals surface area contributed by atoms with E-state index in [1.807, 2.05) is 30.3 Å². The van der Waals surface area contributed by atoms with E-state index in [1.54, 1.807) is 0 Å². The third-order valence-electron chi connectivity index (χ3n) is 7.47. The van der Waals surface area contributed by atoms with Crippen LogP contribution in [0, 0.1) is 0 Å². The first-order valence-corrected chi connectivity index (χ1v) is 14.2. The number of aromatic nitrogens is 5. The average Bonchev–Trinajstić information content (AvgIpc) is 3.52. The molecular weight excluding hydrogens is 509 g/mol. The second-order valence-corrected chi connectivity index (χ2v) is 10.4. The number of hydrogen-bond donors (Lipinski definition) is 0. The van der Waals surface area contributed by atoms with Crippen molar-refractivity contribution in [3.8, 4) is 23.0 Å². The Morgan fingerprint density at radius 1 is 0.500 bits per heavy atom. The molecule has 0 fully saturated rings. The summed E-state index contributed by atoms with van der Waals surface area (Å²) >= 11 is 0. The summed E-state index contributed by atoms with van der Waals surface area (Å²) in [6.07, 6.45) is 4.05. The van der Waals surface area contributed by atoms with Crippen molar-refractivity contribution >= 4 is 63.7 Å². The molecule has 188 valence electrons. The van der Waals surface area contributed by atoms with E-state index in [2.05, 4.69) is 106 Å². The van der Waals surface area contributed by atoms with Gasteiger partial charge in [-0.2, -0.15) is 9.97 Å². The molecule has 3 heterocycles. The molecule has 0 amide bonds. The van der Waals surface area contributed by atoms with Crippen molar-refractivity contribution < 1.29 is 0 Å². The van der Waals surface area contributed by atoms with E-state index in [9.17, 15) is 0 Å². The second kappa shape index (κ2) is 8.98. The van der Waals surface area contributed by atoms with Crippen LogP contribution in [0.25, 0.3) is 66.6 Å². The smallest absolute Gasteiger partial charge is 0.239 e. The highest BCUT2D eigenvalue weighted by Gasteiger charge is 2.20. The quantitative estimate of drug-likeness (QED) is 0.218. The Morgan fingerprint density at radius 2 is 1.05 bits per heavy atom. The Labute approximate surface area is 231 Å². The molecule has 6 heteroatoms. The van der Waals surface area contributed by atoms with Crippen LogP contribution >= 0.6 is 8.20 Å². The summed E-state index contributed by atoms with van der Waals surface area (Å²) < 4.78 is 4.52. The number of benzene rings is 5. The van der Waals surface area contributed by atoms with Crippen molar-refractivity contribution in [1.82, 2.24) is 24.1 Å². The highest BCUT2D eigenvalue weighted by molar-refractivity contribution is 7.44. The molecule has 5 aromatic carbocycles. The van der Waals surface area contributed by atoms with E-state index in [1.165, 1.54) is 21.8 Å². The maximum atomic E-state index is 4.99. The molecule has 0 radical (unpaired) electrons. The van der Waals surface area contributed by atoms with Crippen molar-refractivity contribution in [2.75, 3.05) is 0 Å². The Hall–Kier alpha value is -5.12. The fourth-order valence-electron chi connectivity index (χ4n) is 5.74. The van der Waals surface area contributed by atoms with Crippen molar-refractivity contribution in [2.24, 2.45) is 0 Å². The molecule has 0 saturated heterocycles. The average molecular weight is 532 g/mol. The largest absolute Gasteiger partial charge is 0.309 e. The van der Waals surface area contributed by atoms with Crippen LogP contribution in [0.1, 0.15) is 0 Å². The summed E-state index contributed by atoms with van der Waals surface area (Å²) in [5, 5.41) is 4.69. The van der Waals surface area contributed by atoms with Crippen molar-refractivity contribution in [3.05, 3.63) is 121 Å². The lowest BCUT2D eigenvalue weighted by Gasteiger charge is -2.09. The monoisotopic (exact) mass is 531 g/mol. The minimum absolute atomic E-state index is 0.595. The number of rotatable bonds is 4. The van der Waals surface area contributed by atoms with Gasteiger partial charge in [-0.1, -0.05) is 91.2 Å². The highest BCUT2D eigenvalue weighted by atomic mass is 31.1. The standard InChI is InChI=1S/C34H22N5P/c1-40-34-36-32(22-12-4-2-5-13-22)35-33(37-34)39-29-19-11-9-17-25(29)27-20-30-26(21-31(27)39)24-16-8-10-18-28(24)38(30)23-14-6-3-7-15-23/h2-21H,1H2. The minimum atomic E-state index is 0.595. The Kier molecular flexibility index (Phi) is 5.12. The first kappa shape index (κ1) is 22.8. The van der Waals surface area contributed by atoms with Gasteiger partial charge in [-0.25, -0.2) is 4.98 Å². The maximum absolute atomic E-state index is 4.99. The number of hydrogen-bond acceptors (Lipinski definition) is 3. The van der Waals surface area contributed by atoms with Crippen LogP contribution in [0.4, 0.5) is 0 Å². The lowest BCUT2D eigenvalue weighted by Crippen LogP contribution is -2.14. The van der Waals surface area contributed by atoms with Crippen LogP contribution in [-0.4, -0.2) is 30.4 Å². The van der Waals surface area contributed by atoms with Crippen LogP contribution in [0.5, 0.6) is 0 Å². The molecule has 0 spiro atoms. The molecule has 0 bridgehead atoms. The Bertz CT molecular complexity index is 2230. The first-order chi connectivity index (χ1) is 19.8. The predicted molar refractivity (Wildman–Crippen MR) is 168 cm³/mol. The zero-order valence-electron chi connectivity index (χ0n) is 21.4. The summed E-state index contributed by atoms with van der Waals surface area (Å²) in [5.41, 5.74) is 7.18. The fourth-order valence-corrected chi connectivity index (χ4v) is 6.07. The van der Waals surface area contributed by atoms with Crippen LogP contribution in [-0.2, 0) is 0 Å². The van der Waals surface area contributed by atoms with Gasteiger partial charge in [-0.05, 0) is 44.6 Å². The van der Waals surface area contributed by atoms with E-state index in [0.717, 1.165) is 41.3 Å². The van der Waals surface area contributed by atoms with Gasteiger partial charge in [0.05, 0.1) is 22.1 Å². The fraction of sp³-hybridized carbons (Fsp3) is 0. The minimum Gasteiger partial charge on any atom is -0.309 e. The molecule has 3 aromatic heterocycles. The van der Waals surface area contributed by atoms with Crippen LogP contribution < -0.4 is 5.57 Å². The van der Waals surface area contributed by atoms with Crippen LogP contribution in [0.3, 0.4) is 0 Å². The van der Waals surface area contributed by atoms with Gasteiger partial charge in [0.25, 0.3) is 0 Å². The zero-order chi connectivity index (χ0) is 26.6. The van der Waals surface area contributed by atoms with Gasteiger partial charge in [-0.3, -0.25) is 4.57 Å². The first-order valence-electron chi connectivity index (χ1n) is 13.1. The van der Waals surface area contributed by atoms with Gasteiger partial charge < -0.3 is 4.57 Å².